The summed E-state index contributed by atoms with van der Waals surface area (Å²) < 4.78 is 0. The lowest BCUT2D eigenvalue weighted by atomic mass is 9.87. The van der Waals surface area contributed by atoms with E-state index in [9.17, 15) is 29.1 Å². The molecule has 36 heavy (non-hydrogen) atoms. The van der Waals surface area contributed by atoms with Crippen LogP contribution in [0, 0.1) is 0 Å². The second kappa shape index (κ2) is 9.79. The number of amides is 5. The molecular weight excluding hydrogens is 511 g/mol. The molecule has 188 valence electrons. The van der Waals surface area contributed by atoms with Crippen molar-refractivity contribution in [3.63, 3.8) is 0 Å². The number of benzene rings is 2. The second-order valence-corrected chi connectivity index (χ2v) is 9.62. The van der Waals surface area contributed by atoms with Crippen LogP contribution in [0.4, 0.5) is 10.5 Å². The first-order chi connectivity index (χ1) is 17.0. The molecule has 2 aromatic carbocycles. The van der Waals surface area contributed by atoms with Gasteiger partial charge in [0.15, 0.2) is 0 Å². The maximum atomic E-state index is 13.6. The van der Waals surface area contributed by atoms with Gasteiger partial charge in [0.2, 0.25) is 5.91 Å². The number of aliphatic carboxylic acids is 1. The summed E-state index contributed by atoms with van der Waals surface area (Å²) >= 11 is 12.2. The Morgan fingerprint density at radius 2 is 1.72 bits per heavy atom. The van der Waals surface area contributed by atoms with Gasteiger partial charge in [-0.1, -0.05) is 35.3 Å². The zero-order valence-corrected chi connectivity index (χ0v) is 20.4. The first-order valence-corrected chi connectivity index (χ1v) is 11.8. The molecule has 0 radical (unpaired) electrons. The van der Waals surface area contributed by atoms with Crippen LogP contribution in [0.3, 0.4) is 0 Å². The summed E-state index contributed by atoms with van der Waals surface area (Å²) in [5.74, 6) is -3.30. The largest absolute Gasteiger partial charge is 0.480 e. The molecule has 2 atom stereocenters. The smallest absolute Gasteiger partial charge is 0.332 e. The van der Waals surface area contributed by atoms with Crippen molar-refractivity contribution in [2.75, 3.05) is 11.4 Å². The minimum absolute atomic E-state index is 0.166. The van der Waals surface area contributed by atoms with Gasteiger partial charge in [-0.2, -0.15) is 0 Å². The Morgan fingerprint density at radius 3 is 2.31 bits per heavy atom. The molecule has 12 heteroatoms. The number of hydrogen-bond donors (Lipinski definition) is 3. The van der Waals surface area contributed by atoms with Crippen LogP contribution in [0.2, 0.25) is 10.0 Å². The van der Waals surface area contributed by atoms with Gasteiger partial charge in [0, 0.05) is 28.6 Å². The molecule has 5 amide bonds. The molecule has 4 N–H and O–H groups in total. The third-order valence-electron chi connectivity index (χ3n) is 6.34. The van der Waals surface area contributed by atoms with Gasteiger partial charge in [-0.25, -0.2) is 14.5 Å². The molecule has 2 aliphatic heterocycles. The van der Waals surface area contributed by atoms with Gasteiger partial charge < -0.3 is 21.1 Å². The number of fused-ring (bicyclic) bond motifs is 1. The Bertz CT molecular complexity index is 1250. The van der Waals surface area contributed by atoms with Crippen LogP contribution in [0.25, 0.3) is 0 Å². The molecule has 4 rings (SSSR count). The number of carboxylic acids is 1. The first-order valence-electron chi connectivity index (χ1n) is 11.0. The molecule has 2 aliphatic rings. The van der Waals surface area contributed by atoms with Gasteiger partial charge in [-0.15, -0.1) is 0 Å². The van der Waals surface area contributed by atoms with Gasteiger partial charge in [0.05, 0.1) is 12.1 Å². The fourth-order valence-electron chi connectivity index (χ4n) is 4.71. The average Bonchev–Trinajstić information content (AvgIpc) is 3.30. The third-order valence-corrected chi connectivity index (χ3v) is 6.78. The van der Waals surface area contributed by atoms with E-state index in [-0.39, 0.29) is 17.9 Å². The molecule has 2 fully saturated rings. The van der Waals surface area contributed by atoms with E-state index in [0.29, 0.717) is 40.7 Å². The maximum Gasteiger partial charge on any atom is 0.332 e. The summed E-state index contributed by atoms with van der Waals surface area (Å²) in [5, 5.41) is 12.0. The summed E-state index contributed by atoms with van der Waals surface area (Å²) in [6.45, 7) is 0.423. The van der Waals surface area contributed by atoms with Crippen molar-refractivity contribution in [2.24, 2.45) is 5.73 Å². The molecule has 0 aromatic heterocycles. The topological polar surface area (TPSA) is 150 Å². The molecule has 2 aromatic rings. The number of carbonyl (C=O) groups excluding carboxylic acids is 4. The normalized spacial score (nSPS) is 19.8. The van der Waals surface area contributed by atoms with Crippen molar-refractivity contribution in [1.82, 2.24) is 10.2 Å². The third kappa shape index (κ3) is 4.74. The van der Waals surface area contributed by atoms with Crippen LogP contribution in [0.1, 0.15) is 35.2 Å². The summed E-state index contributed by atoms with van der Waals surface area (Å²) in [7, 11) is 0. The van der Waals surface area contributed by atoms with E-state index >= 15 is 0 Å². The fraction of sp³-hybridized carbons (Fsp3) is 0.292. The Labute approximate surface area is 215 Å². The van der Waals surface area contributed by atoms with Crippen molar-refractivity contribution in [2.45, 2.75) is 37.3 Å². The van der Waals surface area contributed by atoms with Crippen molar-refractivity contribution in [3.8, 4) is 0 Å². The van der Waals surface area contributed by atoms with Crippen LogP contribution in [-0.4, -0.2) is 57.9 Å². The molecule has 1 unspecified atom stereocenters. The lowest BCUT2D eigenvalue weighted by Gasteiger charge is -2.28. The lowest BCUT2D eigenvalue weighted by molar-refractivity contribution is -0.140. The van der Waals surface area contributed by atoms with E-state index in [4.69, 9.17) is 28.9 Å². The Kier molecular flexibility index (Phi) is 6.92. The second-order valence-electron chi connectivity index (χ2n) is 8.75. The minimum atomic E-state index is -1.45. The van der Waals surface area contributed by atoms with Gasteiger partial charge in [-0.05, 0) is 48.7 Å². The molecule has 0 saturated carbocycles. The standard InChI is InChI=1S/C24H22Cl2N4O6/c25-15-8-16(26)10-17(9-15)30-22(35)24(6-1-7-29(24)23(30)36)12-13-2-4-14(5-3-13)20(32)28-18(21(33)34)11-19(27)31/h2-5,8-10,18H,1,6-7,11-12H2,(H2,27,31)(H,28,32)(H,33,34)/t18-,24?/m0/s1. The summed E-state index contributed by atoms with van der Waals surface area (Å²) in [6, 6.07) is 8.89. The van der Waals surface area contributed by atoms with E-state index in [1.54, 1.807) is 17.0 Å². The van der Waals surface area contributed by atoms with Gasteiger partial charge in [0.1, 0.15) is 11.6 Å². The van der Waals surface area contributed by atoms with E-state index in [0.717, 1.165) is 4.90 Å². The molecule has 10 nitrogen and oxygen atoms in total. The molecular formula is C24H22Cl2N4O6. The summed E-state index contributed by atoms with van der Waals surface area (Å²) in [6.07, 6.45) is 0.822. The number of halogens is 2. The summed E-state index contributed by atoms with van der Waals surface area (Å²) in [5.41, 5.74) is 5.13. The highest BCUT2D eigenvalue weighted by Crippen LogP contribution is 2.43. The highest BCUT2D eigenvalue weighted by molar-refractivity contribution is 6.35. The number of imide groups is 1. The SMILES string of the molecule is NC(=O)C[C@H](NC(=O)c1ccc(CC23CCCN2C(=O)N(c2cc(Cl)cc(Cl)c2)C3=O)cc1)C(=O)O. The number of nitrogens with one attached hydrogen (secondary N) is 1. The number of rotatable bonds is 8. The molecule has 0 spiro atoms. The number of primary amides is 1. The maximum absolute atomic E-state index is 13.6. The average molecular weight is 533 g/mol. The van der Waals surface area contributed by atoms with Crippen molar-refractivity contribution < 1.29 is 29.1 Å². The van der Waals surface area contributed by atoms with Gasteiger partial charge in [0.25, 0.3) is 11.8 Å². The van der Waals surface area contributed by atoms with Crippen molar-refractivity contribution in [3.05, 3.63) is 63.6 Å². The number of urea groups is 1. The van der Waals surface area contributed by atoms with Crippen LogP contribution in [0.5, 0.6) is 0 Å². The molecule has 2 saturated heterocycles. The quantitative estimate of drug-likeness (QED) is 0.444. The Hall–Kier alpha value is -3.63. The first kappa shape index (κ1) is 25.5. The zero-order valence-electron chi connectivity index (χ0n) is 18.9. The van der Waals surface area contributed by atoms with Crippen molar-refractivity contribution >= 4 is 58.6 Å². The van der Waals surface area contributed by atoms with Gasteiger partial charge in [-0.3, -0.25) is 14.4 Å². The van der Waals surface area contributed by atoms with E-state index in [1.807, 2.05) is 0 Å². The van der Waals surface area contributed by atoms with E-state index in [2.05, 4.69) is 5.32 Å². The predicted octanol–water partition coefficient (Wildman–Crippen LogP) is 2.60. The van der Waals surface area contributed by atoms with Crippen LogP contribution >= 0.6 is 23.2 Å². The van der Waals surface area contributed by atoms with E-state index in [1.165, 1.54) is 30.3 Å². The number of carboxylic acid groups (broad SMARTS) is 1. The number of nitrogens with two attached hydrogens (primary N) is 1. The monoisotopic (exact) mass is 532 g/mol. The lowest BCUT2D eigenvalue weighted by Crippen LogP contribution is -2.47. The number of nitrogens with zero attached hydrogens (tertiary/aromatic N) is 2. The minimum Gasteiger partial charge on any atom is -0.480 e. The fourth-order valence-corrected chi connectivity index (χ4v) is 5.22. The van der Waals surface area contributed by atoms with Crippen LogP contribution in [0.15, 0.2) is 42.5 Å². The number of carbonyl (C=O) groups is 5. The Balaban J connectivity index is 1.54. The zero-order chi connectivity index (χ0) is 26.2. The van der Waals surface area contributed by atoms with E-state index < -0.39 is 41.8 Å². The van der Waals surface area contributed by atoms with Gasteiger partial charge >= 0.3 is 12.0 Å². The van der Waals surface area contributed by atoms with Crippen LogP contribution in [-0.2, 0) is 20.8 Å². The molecule has 0 bridgehead atoms. The predicted molar refractivity (Wildman–Crippen MR) is 131 cm³/mol. The molecule has 2 heterocycles. The molecule has 0 aliphatic carbocycles. The number of anilines is 1. The van der Waals surface area contributed by atoms with Crippen LogP contribution < -0.4 is 16.0 Å². The highest BCUT2D eigenvalue weighted by Gasteiger charge is 2.59. The number of hydrogen-bond acceptors (Lipinski definition) is 5. The summed E-state index contributed by atoms with van der Waals surface area (Å²) in [4.78, 5) is 64.3. The highest BCUT2D eigenvalue weighted by atomic mass is 35.5. The Morgan fingerprint density at radius 1 is 1.08 bits per heavy atom. The van der Waals surface area contributed by atoms with Crippen molar-refractivity contribution in [1.29, 1.82) is 0 Å².